The third kappa shape index (κ3) is 5.35. The van der Waals surface area contributed by atoms with Gasteiger partial charge in [0.1, 0.15) is 0 Å². The number of hydrogen-bond donors (Lipinski definition) is 0. The summed E-state index contributed by atoms with van der Waals surface area (Å²) in [4.78, 5) is 2.44. The number of hydrogen-bond acceptors (Lipinski definition) is 1. The van der Waals surface area contributed by atoms with Crippen molar-refractivity contribution in [2.24, 2.45) is 0 Å². The minimum absolute atomic E-state index is 1.09. The number of aromatic nitrogens is 1. The molecule has 0 fully saturated rings. The van der Waals surface area contributed by atoms with Crippen molar-refractivity contribution in [2.45, 2.75) is 0 Å². The van der Waals surface area contributed by atoms with Crippen LogP contribution in [-0.4, -0.2) is 4.57 Å². The molecule has 0 radical (unpaired) electrons. The van der Waals surface area contributed by atoms with Gasteiger partial charge in [0.2, 0.25) is 0 Å². The molecule has 12 rings (SSSR count). The SMILES string of the molecule is c1ccc(-c2c(-c3ccc(N(c4ccc(-n5c6ccccc6c6ccccc65)cc4)c4cc5ccccc5c5ccccc45)cc3)c3ccccc3c3ccccc23)cc1. The van der Waals surface area contributed by atoms with Crippen LogP contribution in [0.25, 0.3) is 92.8 Å². The molecule has 0 atom stereocenters. The van der Waals surface area contributed by atoms with Gasteiger partial charge in [-0.3, -0.25) is 0 Å². The third-order valence-corrected chi connectivity index (χ3v) is 12.3. The normalized spacial score (nSPS) is 11.7. The van der Waals surface area contributed by atoms with E-state index in [1.807, 2.05) is 0 Å². The van der Waals surface area contributed by atoms with Crippen LogP contribution in [0, 0.1) is 0 Å². The fourth-order valence-corrected chi connectivity index (χ4v) is 9.72. The van der Waals surface area contributed by atoms with Gasteiger partial charge < -0.3 is 9.47 Å². The number of rotatable bonds is 6. The zero-order valence-electron chi connectivity index (χ0n) is 32.8. The lowest BCUT2D eigenvalue weighted by molar-refractivity contribution is 1.17. The highest BCUT2D eigenvalue weighted by atomic mass is 15.1. The van der Waals surface area contributed by atoms with Gasteiger partial charge in [-0.05, 0) is 115 Å². The minimum Gasteiger partial charge on any atom is -0.310 e. The van der Waals surface area contributed by atoms with Gasteiger partial charge in [0.05, 0.1) is 16.7 Å². The second-order valence-electron chi connectivity index (χ2n) is 15.6. The fraction of sp³-hybridized carbons (Fsp3) is 0. The molecule has 0 aliphatic carbocycles. The summed E-state index contributed by atoms with van der Waals surface area (Å²) in [7, 11) is 0. The molecule has 1 heterocycles. The van der Waals surface area contributed by atoms with Crippen molar-refractivity contribution in [1.82, 2.24) is 4.57 Å². The van der Waals surface area contributed by atoms with E-state index < -0.39 is 0 Å². The third-order valence-electron chi connectivity index (χ3n) is 12.3. The van der Waals surface area contributed by atoms with Crippen LogP contribution in [0.3, 0.4) is 0 Å². The van der Waals surface area contributed by atoms with Crippen LogP contribution in [0.1, 0.15) is 0 Å². The molecule has 0 amide bonds. The van der Waals surface area contributed by atoms with E-state index in [1.165, 1.54) is 87.1 Å². The van der Waals surface area contributed by atoms with Crippen molar-refractivity contribution in [3.05, 3.63) is 231 Å². The maximum absolute atomic E-state index is 2.44. The first-order valence-corrected chi connectivity index (χ1v) is 20.7. The van der Waals surface area contributed by atoms with Crippen molar-refractivity contribution in [1.29, 1.82) is 0 Å². The number of benzene rings is 11. The summed E-state index contributed by atoms with van der Waals surface area (Å²) in [5.41, 5.74) is 11.8. The van der Waals surface area contributed by atoms with Crippen LogP contribution in [0.2, 0.25) is 0 Å². The van der Waals surface area contributed by atoms with Crippen molar-refractivity contribution < 1.29 is 0 Å². The lowest BCUT2D eigenvalue weighted by Gasteiger charge is -2.28. The summed E-state index contributed by atoms with van der Waals surface area (Å²) in [5, 5.41) is 12.5. The molecule has 0 bridgehead atoms. The minimum atomic E-state index is 1.09. The molecule has 0 unspecified atom stereocenters. The number of nitrogens with zero attached hydrogens (tertiary/aromatic N) is 2. The summed E-state index contributed by atoms with van der Waals surface area (Å²) >= 11 is 0. The van der Waals surface area contributed by atoms with Crippen LogP contribution in [0.15, 0.2) is 231 Å². The molecule has 2 heteroatoms. The van der Waals surface area contributed by atoms with Gasteiger partial charge in [0.15, 0.2) is 0 Å². The Morgan fingerprint density at radius 2 is 0.683 bits per heavy atom. The van der Waals surface area contributed by atoms with Gasteiger partial charge in [0.25, 0.3) is 0 Å². The number of anilines is 3. The second kappa shape index (κ2) is 13.9. The molecule has 1 aromatic heterocycles. The Bertz CT molecular complexity index is 3530. The van der Waals surface area contributed by atoms with Crippen molar-refractivity contribution in [3.63, 3.8) is 0 Å². The smallest absolute Gasteiger partial charge is 0.0546 e. The molecule has 2 nitrogen and oxygen atoms in total. The summed E-state index contributed by atoms with van der Waals surface area (Å²) < 4.78 is 2.39. The van der Waals surface area contributed by atoms with Crippen molar-refractivity contribution in [2.75, 3.05) is 4.90 Å². The monoisotopic (exact) mass is 762 g/mol. The molecule has 11 aromatic carbocycles. The van der Waals surface area contributed by atoms with Crippen LogP contribution >= 0.6 is 0 Å². The van der Waals surface area contributed by atoms with E-state index >= 15 is 0 Å². The van der Waals surface area contributed by atoms with Crippen molar-refractivity contribution in [3.8, 4) is 27.9 Å². The van der Waals surface area contributed by atoms with Crippen molar-refractivity contribution >= 4 is 82.0 Å². The van der Waals surface area contributed by atoms with E-state index in [9.17, 15) is 0 Å². The zero-order chi connectivity index (χ0) is 39.6. The Morgan fingerprint density at radius 1 is 0.283 bits per heavy atom. The van der Waals surface area contributed by atoms with E-state index in [4.69, 9.17) is 0 Å². The molecule has 0 saturated heterocycles. The average Bonchev–Trinajstić information content (AvgIpc) is 3.66. The van der Waals surface area contributed by atoms with E-state index in [0.29, 0.717) is 0 Å². The molecular weight excluding hydrogens is 725 g/mol. The van der Waals surface area contributed by atoms with E-state index in [2.05, 4.69) is 240 Å². The highest BCUT2D eigenvalue weighted by Gasteiger charge is 2.21. The molecule has 0 aliphatic rings. The first-order chi connectivity index (χ1) is 29.8. The van der Waals surface area contributed by atoms with Gasteiger partial charge in [-0.15, -0.1) is 0 Å². The Kier molecular flexibility index (Phi) is 7.89. The Morgan fingerprint density at radius 3 is 1.25 bits per heavy atom. The Balaban J connectivity index is 1.07. The van der Waals surface area contributed by atoms with Crippen LogP contribution in [0.5, 0.6) is 0 Å². The molecule has 0 spiro atoms. The standard InChI is InChI=1S/C58H38N2/c1-2-16-39(17-3-1)57-52-26-10-7-21-47(52)48-22-8-11-27-53(48)58(57)40-30-32-42(33-31-40)59(56-38-41-18-4-5-19-45(41)46-20-6-9-23-49(46)56)43-34-36-44(37-35-43)60-54-28-14-12-24-50(54)51-25-13-15-29-55(51)60/h1-38H. The summed E-state index contributed by atoms with van der Waals surface area (Å²) in [6, 6.07) is 84.3. The average molecular weight is 763 g/mol. The molecule has 0 aliphatic heterocycles. The molecule has 0 saturated carbocycles. The molecular formula is C58H38N2. The predicted molar refractivity (Wildman–Crippen MR) is 256 cm³/mol. The molecule has 60 heavy (non-hydrogen) atoms. The van der Waals surface area contributed by atoms with Crippen LogP contribution in [-0.2, 0) is 0 Å². The highest BCUT2D eigenvalue weighted by Crippen LogP contribution is 2.47. The van der Waals surface area contributed by atoms with E-state index in [1.54, 1.807) is 0 Å². The summed E-state index contributed by atoms with van der Waals surface area (Å²) in [6.45, 7) is 0. The zero-order valence-corrected chi connectivity index (χ0v) is 32.8. The first kappa shape index (κ1) is 34.1. The van der Waals surface area contributed by atoms with E-state index in [0.717, 1.165) is 22.7 Å². The summed E-state index contributed by atoms with van der Waals surface area (Å²) in [5.74, 6) is 0. The largest absolute Gasteiger partial charge is 0.310 e. The highest BCUT2D eigenvalue weighted by molar-refractivity contribution is 6.22. The lowest BCUT2D eigenvalue weighted by atomic mass is 9.85. The maximum Gasteiger partial charge on any atom is 0.0546 e. The van der Waals surface area contributed by atoms with Crippen LogP contribution in [0.4, 0.5) is 17.1 Å². The maximum atomic E-state index is 2.44. The van der Waals surface area contributed by atoms with E-state index in [-0.39, 0.29) is 0 Å². The molecule has 0 N–H and O–H groups in total. The molecule has 12 aromatic rings. The van der Waals surface area contributed by atoms with Gasteiger partial charge in [0, 0.05) is 33.2 Å². The second-order valence-corrected chi connectivity index (χ2v) is 15.6. The van der Waals surface area contributed by atoms with Crippen LogP contribution < -0.4 is 4.90 Å². The predicted octanol–water partition coefficient (Wildman–Crippen LogP) is 16.2. The quantitative estimate of drug-likeness (QED) is 0.153. The van der Waals surface area contributed by atoms with Gasteiger partial charge in [-0.1, -0.05) is 176 Å². The van der Waals surface area contributed by atoms with Gasteiger partial charge in [-0.2, -0.15) is 0 Å². The van der Waals surface area contributed by atoms with Gasteiger partial charge >= 0.3 is 0 Å². The first-order valence-electron chi connectivity index (χ1n) is 20.7. The lowest BCUT2D eigenvalue weighted by Crippen LogP contribution is -2.11. The summed E-state index contributed by atoms with van der Waals surface area (Å²) in [6.07, 6.45) is 0. The van der Waals surface area contributed by atoms with Gasteiger partial charge in [-0.25, -0.2) is 0 Å². The fourth-order valence-electron chi connectivity index (χ4n) is 9.72. The Labute approximate surface area is 348 Å². The molecule has 280 valence electrons. The topological polar surface area (TPSA) is 8.17 Å². The Hall–Kier alpha value is -7.94. The number of para-hydroxylation sites is 2. The number of fused-ring (bicyclic) bond motifs is 9.